The number of nitrogens with zero attached hydrogens (tertiary/aromatic N) is 2. The number of methoxy groups -OCH3 is 1. The van der Waals surface area contributed by atoms with E-state index >= 15 is 0 Å². The summed E-state index contributed by atoms with van der Waals surface area (Å²) in [5, 5.41) is 3.99. The first-order valence-electron chi connectivity index (χ1n) is 7.14. The number of hydrazone groups is 1. The Bertz CT molecular complexity index is 531. The zero-order chi connectivity index (χ0) is 15.8. The van der Waals surface area contributed by atoms with Gasteiger partial charge >= 0.3 is 0 Å². The average Bonchev–Trinajstić information content (AvgIpc) is 2.54. The lowest BCUT2D eigenvalue weighted by Crippen LogP contribution is -2.38. The molecular weight excluding hydrogens is 350 g/mol. The van der Waals surface area contributed by atoms with Crippen molar-refractivity contribution >= 4 is 28.1 Å². The van der Waals surface area contributed by atoms with Crippen LogP contribution in [0.15, 0.2) is 27.8 Å². The van der Waals surface area contributed by atoms with Crippen molar-refractivity contribution in [2.75, 3.05) is 40.0 Å². The minimum atomic E-state index is -0.100. The summed E-state index contributed by atoms with van der Waals surface area (Å²) in [6.07, 6.45) is 2.00. The largest absolute Gasteiger partial charge is 0.496 e. The van der Waals surface area contributed by atoms with Crippen LogP contribution in [-0.2, 0) is 9.53 Å². The maximum absolute atomic E-state index is 11.8. The predicted molar refractivity (Wildman–Crippen MR) is 88.3 cm³/mol. The smallest absolute Gasteiger partial charge is 0.241 e. The second kappa shape index (κ2) is 8.87. The molecule has 1 aliphatic heterocycles. The summed E-state index contributed by atoms with van der Waals surface area (Å²) >= 11 is 3.39. The first-order chi connectivity index (χ1) is 10.7. The summed E-state index contributed by atoms with van der Waals surface area (Å²) in [6.45, 7) is 3.97. The lowest BCUT2D eigenvalue weighted by atomic mass is 10.2. The van der Waals surface area contributed by atoms with Crippen molar-refractivity contribution in [2.45, 2.75) is 6.42 Å². The van der Waals surface area contributed by atoms with E-state index < -0.39 is 0 Å². The Labute approximate surface area is 138 Å². The zero-order valence-electron chi connectivity index (χ0n) is 12.5. The summed E-state index contributed by atoms with van der Waals surface area (Å²) < 4.78 is 11.4. The molecule has 1 aromatic rings. The van der Waals surface area contributed by atoms with Crippen molar-refractivity contribution in [3.05, 3.63) is 28.2 Å². The van der Waals surface area contributed by atoms with Crippen molar-refractivity contribution in [2.24, 2.45) is 5.10 Å². The van der Waals surface area contributed by atoms with Gasteiger partial charge in [0.1, 0.15) is 5.75 Å². The summed E-state index contributed by atoms with van der Waals surface area (Å²) in [7, 11) is 1.60. The number of carbonyl (C=O) groups excluding carboxylic acids is 1. The minimum absolute atomic E-state index is 0.100. The first-order valence-corrected chi connectivity index (χ1v) is 7.94. The van der Waals surface area contributed by atoms with Crippen LogP contribution in [-0.4, -0.2) is 57.0 Å². The fourth-order valence-corrected chi connectivity index (χ4v) is 2.50. The molecule has 1 aromatic carbocycles. The summed E-state index contributed by atoms with van der Waals surface area (Å²) in [6, 6.07) is 5.60. The van der Waals surface area contributed by atoms with E-state index in [9.17, 15) is 4.79 Å². The number of benzene rings is 1. The summed E-state index contributed by atoms with van der Waals surface area (Å²) in [5.41, 5.74) is 3.34. The van der Waals surface area contributed by atoms with Gasteiger partial charge in [0.25, 0.3) is 0 Å². The molecule has 1 saturated heterocycles. The number of halogens is 1. The van der Waals surface area contributed by atoms with Gasteiger partial charge < -0.3 is 9.47 Å². The molecule has 7 heteroatoms. The first kappa shape index (κ1) is 16.9. The molecule has 0 spiro atoms. The van der Waals surface area contributed by atoms with Crippen LogP contribution in [0, 0.1) is 0 Å². The van der Waals surface area contributed by atoms with Crippen LogP contribution < -0.4 is 10.2 Å². The van der Waals surface area contributed by atoms with Crippen molar-refractivity contribution in [3.8, 4) is 5.75 Å². The lowest BCUT2D eigenvalue weighted by Gasteiger charge is -2.25. The number of carbonyl (C=O) groups is 1. The summed E-state index contributed by atoms with van der Waals surface area (Å²) in [5.74, 6) is 0.603. The second-order valence-electron chi connectivity index (χ2n) is 4.88. The van der Waals surface area contributed by atoms with Crippen molar-refractivity contribution in [1.29, 1.82) is 0 Å². The monoisotopic (exact) mass is 369 g/mol. The van der Waals surface area contributed by atoms with Crippen molar-refractivity contribution in [1.82, 2.24) is 10.3 Å². The fourth-order valence-electron chi connectivity index (χ4n) is 2.12. The van der Waals surface area contributed by atoms with Gasteiger partial charge in [-0.05, 0) is 18.2 Å². The highest BCUT2D eigenvalue weighted by Gasteiger charge is 2.11. The average molecular weight is 370 g/mol. The molecule has 22 heavy (non-hydrogen) atoms. The third kappa shape index (κ3) is 5.40. The molecule has 6 nitrogen and oxygen atoms in total. The third-order valence-electron chi connectivity index (χ3n) is 3.34. The topological polar surface area (TPSA) is 63.2 Å². The Morgan fingerprint density at radius 2 is 2.27 bits per heavy atom. The predicted octanol–water partition coefficient (Wildman–Crippen LogP) is 1.63. The lowest BCUT2D eigenvalue weighted by molar-refractivity contribution is -0.121. The van der Waals surface area contributed by atoms with E-state index in [1.807, 2.05) is 18.2 Å². The molecule has 0 bridgehead atoms. The summed E-state index contributed by atoms with van der Waals surface area (Å²) in [4.78, 5) is 14.0. The van der Waals surface area contributed by atoms with Gasteiger partial charge in [0.15, 0.2) is 0 Å². The fraction of sp³-hybridized carbons (Fsp3) is 0.467. The van der Waals surface area contributed by atoms with Crippen LogP contribution in [0.25, 0.3) is 0 Å². The van der Waals surface area contributed by atoms with E-state index in [-0.39, 0.29) is 5.91 Å². The molecule has 1 heterocycles. The van der Waals surface area contributed by atoms with Gasteiger partial charge in [-0.3, -0.25) is 9.69 Å². The molecule has 0 saturated carbocycles. The highest BCUT2D eigenvalue weighted by molar-refractivity contribution is 9.10. The number of amides is 1. The molecule has 0 aliphatic carbocycles. The molecule has 1 N–H and O–H groups in total. The Kier molecular flexibility index (Phi) is 6.82. The van der Waals surface area contributed by atoms with Gasteiger partial charge in [0.05, 0.1) is 26.5 Å². The zero-order valence-corrected chi connectivity index (χ0v) is 14.1. The van der Waals surface area contributed by atoms with E-state index in [1.54, 1.807) is 13.3 Å². The molecule has 0 unspecified atom stereocenters. The van der Waals surface area contributed by atoms with Gasteiger partial charge in [-0.15, -0.1) is 0 Å². The van der Waals surface area contributed by atoms with E-state index in [2.05, 4.69) is 31.4 Å². The van der Waals surface area contributed by atoms with E-state index in [1.165, 1.54) is 0 Å². The molecular formula is C15H20BrN3O3. The normalized spacial score (nSPS) is 15.9. The van der Waals surface area contributed by atoms with Gasteiger partial charge in [0, 0.05) is 36.1 Å². The van der Waals surface area contributed by atoms with Crippen molar-refractivity contribution < 1.29 is 14.3 Å². The third-order valence-corrected chi connectivity index (χ3v) is 3.84. The highest BCUT2D eigenvalue weighted by atomic mass is 79.9. The van der Waals surface area contributed by atoms with Crippen LogP contribution in [0.5, 0.6) is 5.75 Å². The second-order valence-corrected chi connectivity index (χ2v) is 5.80. The molecule has 1 fully saturated rings. The SMILES string of the molecule is COc1ccc(Br)cc1/C=N\NC(=O)CCN1CCOCC1. The minimum Gasteiger partial charge on any atom is -0.496 e. The number of hydrogen-bond acceptors (Lipinski definition) is 5. The maximum Gasteiger partial charge on any atom is 0.241 e. The quantitative estimate of drug-likeness (QED) is 0.611. The molecule has 2 rings (SSSR count). The van der Waals surface area contributed by atoms with Crippen LogP contribution in [0.1, 0.15) is 12.0 Å². The van der Waals surface area contributed by atoms with Crippen LogP contribution in [0.3, 0.4) is 0 Å². The molecule has 120 valence electrons. The Morgan fingerprint density at radius 3 is 3.00 bits per heavy atom. The Hall–Kier alpha value is -1.44. The highest BCUT2D eigenvalue weighted by Crippen LogP contribution is 2.21. The number of hydrogen-bond donors (Lipinski definition) is 1. The van der Waals surface area contributed by atoms with Crippen LogP contribution in [0.2, 0.25) is 0 Å². The van der Waals surface area contributed by atoms with Gasteiger partial charge in [-0.25, -0.2) is 5.43 Å². The van der Waals surface area contributed by atoms with Gasteiger partial charge in [-0.1, -0.05) is 15.9 Å². The van der Waals surface area contributed by atoms with Crippen molar-refractivity contribution in [3.63, 3.8) is 0 Å². The molecule has 1 aliphatic rings. The van der Waals surface area contributed by atoms with Gasteiger partial charge in [-0.2, -0.15) is 5.10 Å². The van der Waals surface area contributed by atoms with Gasteiger partial charge in [0.2, 0.25) is 5.91 Å². The van der Waals surface area contributed by atoms with E-state index in [0.717, 1.165) is 42.9 Å². The number of ether oxygens (including phenoxy) is 2. The number of morpholine rings is 1. The van der Waals surface area contributed by atoms with Crippen LogP contribution >= 0.6 is 15.9 Å². The number of nitrogens with one attached hydrogen (secondary N) is 1. The maximum atomic E-state index is 11.8. The Morgan fingerprint density at radius 1 is 1.50 bits per heavy atom. The molecule has 0 aromatic heterocycles. The standard InChI is InChI=1S/C15H20BrN3O3/c1-21-14-3-2-13(16)10-12(14)11-17-18-15(20)4-5-19-6-8-22-9-7-19/h2-3,10-11H,4-9H2,1H3,(H,18,20)/b17-11-. The molecule has 1 amide bonds. The Balaban J connectivity index is 1.79. The number of rotatable bonds is 6. The van der Waals surface area contributed by atoms with E-state index in [0.29, 0.717) is 12.2 Å². The molecule has 0 radical (unpaired) electrons. The van der Waals surface area contributed by atoms with E-state index in [4.69, 9.17) is 9.47 Å². The van der Waals surface area contributed by atoms with Crippen LogP contribution in [0.4, 0.5) is 0 Å². The molecule has 0 atom stereocenters.